The van der Waals surface area contributed by atoms with E-state index in [4.69, 9.17) is 4.74 Å². The monoisotopic (exact) mass is 439 g/mol. The van der Waals surface area contributed by atoms with Crippen LogP contribution in [-0.4, -0.2) is 39.6 Å². The van der Waals surface area contributed by atoms with E-state index < -0.39 is 0 Å². The molecule has 2 saturated heterocycles. The van der Waals surface area contributed by atoms with Gasteiger partial charge in [-0.3, -0.25) is 4.90 Å². The van der Waals surface area contributed by atoms with Crippen LogP contribution in [0.2, 0.25) is 0 Å². The van der Waals surface area contributed by atoms with Crippen LogP contribution in [0.4, 0.5) is 0 Å². The summed E-state index contributed by atoms with van der Waals surface area (Å²) in [6.45, 7) is 6.20. The molecule has 2 aliphatic heterocycles. The zero-order chi connectivity index (χ0) is 22.4. The Balaban J connectivity index is 1.22. The minimum atomic E-state index is 0.368. The molecule has 2 fully saturated rings. The number of hydrogen-bond acceptors (Lipinski definition) is 5. The van der Waals surface area contributed by atoms with E-state index in [9.17, 15) is 5.26 Å². The van der Waals surface area contributed by atoms with Gasteiger partial charge >= 0.3 is 0 Å². The van der Waals surface area contributed by atoms with Gasteiger partial charge < -0.3 is 14.6 Å². The van der Waals surface area contributed by atoms with Crippen molar-refractivity contribution in [2.75, 3.05) is 19.6 Å². The van der Waals surface area contributed by atoms with Gasteiger partial charge in [0.25, 0.3) is 0 Å². The highest BCUT2D eigenvalue weighted by molar-refractivity contribution is 5.49. The van der Waals surface area contributed by atoms with Crippen LogP contribution in [0.3, 0.4) is 0 Å². The van der Waals surface area contributed by atoms with Crippen LogP contribution in [0.25, 0.3) is 0 Å². The average Bonchev–Trinajstić information content (AvgIpc) is 3.53. The Kier molecular flexibility index (Phi) is 4.97. The van der Waals surface area contributed by atoms with Gasteiger partial charge in [-0.25, -0.2) is 4.98 Å². The number of fused-ring (bicyclic) bond motifs is 1. The molecule has 0 amide bonds. The van der Waals surface area contributed by atoms with Crippen molar-refractivity contribution in [1.29, 1.82) is 5.26 Å². The molecular weight excluding hydrogens is 410 g/mol. The van der Waals surface area contributed by atoms with Crippen molar-refractivity contribution in [1.82, 2.24) is 19.8 Å². The molecule has 1 atom stereocenters. The van der Waals surface area contributed by atoms with E-state index in [-0.39, 0.29) is 0 Å². The van der Waals surface area contributed by atoms with Crippen molar-refractivity contribution >= 4 is 0 Å². The van der Waals surface area contributed by atoms with Crippen LogP contribution in [0.1, 0.15) is 53.3 Å². The number of imidazole rings is 1. The minimum Gasteiger partial charge on any atom is -0.456 e. The molecule has 168 valence electrons. The number of hydrogen-bond donors (Lipinski definition) is 1. The number of aryl methyl sites for hydroxylation is 2. The van der Waals surface area contributed by atoms with Gasteiger partial charge in [0.1, 0.15) is 17.6 Å². The van der Waals surface area contributed by atoms with Crippen LogP contribution in [0.5, 0.6) is 11.5 Å². The van der Waals surface area contributed by atoms with E-state index in [1.165, 1.54) is 30.4 Å². The summed E-state index contributed by atoms with van der Waals surface area (Å²) in [5, 5.41) is 13.4. The Hall–Kier alpha value is -3.14. The SMILES string of the molecule is Cc1cncn1Cc1ccc(C#N)c(Oc2ccc3c(c2)C(N2CC4(CCCN4)C2)CC3)c1. The second-order valence-corrected chi connectivity index (χ2v) is 9.84. The average molecular weight is 440 g/mol. The molecule has 0 radical (unpaired) electrons. The smallest absolute Gasteiger partial charge is 0.145 e. The molecule has 3 aliphatic rings. The van der Waals surface area contributed by atoms with Crippen LogP contribution in [0, 0.1) is 18.3 Å². The maximum absolute atomic E-state index is 9.64. The molecule has 6 rings (SSSR count). The van der Waals surface area contributed by atoms with Gasteiger partial charge in [0, 0.05) is 43.1 Å². The number of rotatable bonds is 5. The largest absolute Gasteiger partial charge is 0.456 e. The highest BCUT2D eigenvalue weighted by atomic mass is 16.5. The third kappa shape index (κ3) is 3.72. The van der Waals surface area contributed by atoms with Crippen molar-refractivity contribution in [3.8, 4) is 17.6 Å². The fourth-order valence-electron chi connectivity index (χ4n) is 5.81. The molecule has 1 N–H and O–H groups in total. The molecule has 3 aromatic rings. The summed E-state index contributed by atoms with van der Waals surface area (Å²) in [4.78, 5) is 6.83. The van der Waals surface area contributed by atoms with E-state index in [2.05, 4.69) is 38.0 Å². The molecule has 1 aromatic heterocycles. The van der Waals surface area contributed by atoms with Crippen molar-refractivity contribution in [2.24, 2.45) is 0 Å². The van der Waals surface area contributed by atoms with Gasteiger partial charge in [-0.05, 0) is 80.1 Å². The Labute approximate surface area is 194 Å². The topological polar surface area (TPSA) is 66.1 Å². The maximum atomic E-state index is 9.64. The summed E-state index contributed by atoms with van der Waals surface area (Å²) < 4.78 is 8.40. The summed E-state index contributed by atoms with van der Waals surface area (Å²) in [6, 6.07) is 15.0. The first kappa shape index (κ1) is 20.5. The normalized spacial score (nSPS) is 21.0. The number of likely N-dealkylation sites (tertiary alicyclic amines) is 1. The van der Waals surface area contributed by atoms with Crippen LogP contribution in [-0.2, 0) is 13.0 Å². The third-order valence-electron chi connectivity index (χ3n) is 7.62. The van der Waals surface area contributed by atoms with Crippen molar-refractivity contribution in [3.63, 3.8) is 0 Å². The van der Waals surface area contributed by atoms with E-state index >= 15 is 0 Å². The standard InChI is InChI=1S/C27H29N5O/c1-19-14-29-18-31(19)15-20-3-4-22(13-28)26(11-20)33-23-7-5-21-6-8-25(24(21)12-23)32-16-27(17-32)9-2-10-30-27/h3-5,7,11-12,14,18,25,30H,2,6,8-10,15-17H2,1H3. The minimum absolute atomic E-state index is 0.368. The molecule has 6 nitrogen and oxygen atoms in total. The number of nitrogens with zero attached hydrogens (tertiary/aromatic N) is 4. The number of benzene rings is 2. The number of aromatic nitrogens is 2. The zero-order valence-electron chi connectivity index (χ0n) is 19.1. The molecule has 0 bridgehead atoms. The molecule has 1 unspecified atom stereocenters. The molecule has 2 aromatic carbocycles. The second kappa shape index (κ2) is 8.02. The predicted octanol–water partition coefficient (Wildman–Crippen LogP) is 4.33. The maximum Gasteiger partial charge on any atom is 0.145 e. The van der Waals surface area contributed by atoms with E-state index in [1.54, 1.807) is 0 Å². The number of ether oxygens (including phenoxy) is 1. The lowest BCUT2D eigenvalue weighted by Gasteiger charge is -2.51. The number of nitrogens with one attached hydrogen (secondary N) is 1. The summed E-state index contributed by atoms with van der Waals surface area (Å²) in [5.41, 5.74) is 5.93. The molecule has 3 heterocycles. The first-order chi connectivity index (χ1) is 16.1. The number of nitriles is 1. The summed E-state index contributed by atoms with van der Waals surface area (Å²) in [5.74, 6) is 1.42. The van der Waals surface area contributed by atoms with Gasteiger partial charge in [0.05, 0.1) is 11.9 Å². The Morgan fingerprint density at radius 3 is 2.91 bits per heavy atom. The highest BCUT2D eigenvalue weighted by Crippen LogP contribution is 2.44. The quantitative estimate of drug-likeness (QED) is 0.641. The van der Waals surface area contributed by atoms with E-state index in [0.717, 1.165) is 43.1 Å². The molecule has 6 heteroatoms. The lowest BCUT2D eigenvalue weighted by atomic mass is 9.86. The Bertz CT molecular complexity index is 1230. The highest BCUT2D eigenvalue weighted by Gasteiger charge is 2.48. The first-order valence-electron chi connectivity index (χ1n) is 11.9. The van der Waals surface area contributed by atoms with Gasteiger partial charge in [-0.15, -0.1) is 0 Å². The lowest BCUT2D eigenvalue weighted by molar-refractivity contribution is 0.0162. The zero-order valence-corrected chi connectivity index (χ0v) is 19.1. The first-order valence-corrected chi connectivity index (χ1v) is 11.9. The fraction of sp³-hybridized carbons (Fsp3) is 0.407. The van der Waals surface area contributed by atoms with Crippen molar-refractivity contribution < 1.29 is 4.74 Å². The fourth-order valence-corrected chi connectivity index (χ4v) is 5.81. The molecule has 33 heavy (non-hydrogen) atoms. The van der Waals surface area contributed by atoms with Crippen LogP contribution >= 0.6 is 0 Å². The summed E-state index contributed by atoms with van der Waals surface area (Å²) in [6.07, 6.45) is 8.59. The van der Waals surface area contributed by atoms with E-state index in [0.29, 0.717) is 29.4 Å². The van der Waals surface area contributed by atoms with E-state index in [1.807, 2.05) is 43.7 Å². The Morgan fingerprint density at radius 1 is 1.24 bits per heavy atom. The lowest BCUT2D eigenvalue weighted by Crippen LogP contribution is -2.66. The van der Waals surface area contributed by atoms with Crippen molar-refractivity contribution in [2.45, 2.75) is 50.7 Å². The third-order valence-corrected chi connectivity index (χ3v) is 7.62. The van der Waals surface area contributed by atoms with Gasteiger partial charge in [0.2, 0.25) is 0 Å². The van der Waals surface area contributed by atoms with Crippen LogP contribution in [0.15, 0.2) is 48.9 Å². The van der Waals surface area contributed by atoms with Gasteiger partial charge in [0.15, 0.2) is 0 Å². The second-order valence-electron chi connectivity index (χ2n) is 9.84. The summed E-state index contributed by atoms with van der Waals surface area (Å²) >= 11 is 0. The van der Waals surface area contributed by atoms with Gasteiger partial charge in [-0.2, -0.15) is 5.26 Å². The summed E-state index contributed by atoms with van der Waals surface area (Å²) in [7, 11) is 0. The molecule has 1 spiro atoms. The predicted molar refractivity (Wildman–Crippen MR) is 126 cm³/mol. The van der Waals surface area contributed by atoms with Crippen molar-refractivity contribution in [3.05, 3.63) is 76.9 Å². The molecule has 1 aliphatic carbocycles. The molecule has 0 saturated carbocycles. The van der Waals surface area contributed by atoms with Crippen LogP contribution < -0.4 is 10.1 Å². The Morgan fingerprint density at radius 2 is 2.15 bits per heavy atom. The molecular formula is C27H29N5O. The van der Waals surface area contributed by atoms with Gasteiger partial charge in [-0.1, -0.05) is 12.1 Å².